The first-order valence-corrected chi connectivity index (χ1v) is 13.1. The molecule has 4 fully saturated rings. The first-order valence-electron chi connectivity index (χ1n) is 13.1. The van der Waals surface area contributed by atoms with Crippen molar-refractivity contribution in [2.24, 2.45) is 5.41 Å². The Morgan fingerprint density at radius 2 is 2.05 bits per heavy atom. The number of rotatable bonds is 8. The predicted octanol–water partition coefficient (Wildman–Crippen LogP) is 4.79. The molecule has 3 aliphatic carbocycles. The second-order valence-corrected chi connectivity index (χ2v) is 11.4. The van der Waals surface area contributed by atoms with E-state index >= 15 is 0 Å². The standard InChI is InChI=1S/C28H31F2N7/c1-18(27-14-28(30,15-27)16-27)32-10-23-7-20-3-2-19(6-25(20)34-23)12-37-17-33-26(35-37)21-8-24(11-31-9-21)36-5-4-22(29)13-36/h2-3,6-9,11,17-18,22,32,34H,4-5,10,12-16H2,1H3/t18?,22-,27?,28?/m0/s1. The van der Waals surface area contributed by atoms with Crippen molar-refractivity contribution in [3.8, 4) is 11.4 Å². The zero-order valence-corrected chi connectivity index (χ0v) is 20.9. The molecule has 4 heterocycles. The lowest BCUT2D eigenvalue weighted by Gasteiger charge is -2.68. The number of alkyl halides is 2. The van der Waals surface area contributed by atoms with E-state index in [2.05, 4.69) is 56.6 Å². The summed E-state index contributed by atoms with van der Waals surface area (Å²) in [6, 6.07) is 10.9. The average Bonchev–Trinajstić information content (AvgIpc) is 3.59. The zero-order chi connectivity index (χ0) is 25.2. The minimum absolute atomic E-state index is 0.174. The molecule has 1 unspecified atom stereocenters. The van der Waals surface area contributed by atoms with Crippen LogP contribution in [0.15, 0.2) is 49.1 Å². The van der Waals surface area contributed by atoms with Gasteiger partial charge in [0.2, 0.25) is 0 Å². The fraction of sp³-hybridized carbons (Fsp3) is 0.464. The molecule has 192 valence electrons. The fourth-order valence-electron chi connectivity index (χ4n) is 6.47. The largest absolute Gasteiger partial charge is 0.367 e. The van der Waals surface area contributed by atoms with Crippen LogP contribution in [0.2, 0.25) is 0 Å². The summed E-state index contributed by atoms with van der Waals surface area (Å²) in [5.74, 6) is 0.608. The SMILES string of the molecule is CC(NCc1cc2ccc(Cn3cnc(-c4cncc(N5CC[C@H](F)C5)c4)n3)cc2[nH]1)C12CC(F)(C1)C2. The monoisotopic (exact) mass is 503 g/mol. The minimum atomic E-state index is -0.854. The van der Waals surface area contributed by atoms with Gasteiger partial charge in [0.15, 0.2) is 5.82 Å². The predicted molar refractivity (Wildman–Crippen MR) is 139 cm³/mol. The van der Waals surface area contributed by atoms with Gasteiger partial charge in [0.25, 0.3) is 0 Å². The summed E-state index contributed by atoms with van der Waals surface area (Å²) in [5.41, 5.74) is 4.39. The van der Waals surface area contributed by atoms with E-state index in [0.29, 0.717) is 57.2 Å². The molecule has 4 aliphatic rings. The summed E-state index contributed by atoms with van der Waals surface area (Å²) in [7, 11) is 0. The third-order valence-electron chi connectivity index (χ3n) is 8.63. The molecule has 0 amide bonds. The molecule has 1 saturated heterocycles. The average molecular weight is 504 g/mol. The smallest absolute Gasteiger partial charge is 0.182 e. The molecule has 1 aliphatic heterocycles. The van der Waals surface area contributed by atoms with E-state index in [1.54, 1.807) is 18.7 Å². The van der Waals surface area contributed by atoms with E-state index in [0.717, 1.165) is 34.6 Å². The van der Waals surface area contributed by atoms with Crippen molar-refractivity contribution in [2.75, 3.05) is 18.0 Å². The molecule has 2 atom stereocenters. The molecule has 3 saturated carbocycles. The van der Waals surface area contributed by atoms with Gasteiger partial charge in [-0.1, -0.05) is 12.1 Å². The maximum atomic E-state index is 13.9. The van der Waals surface area contributed by atoms with Crippen LogP contribution in [0.4, 0.5) is 14.5 Å². The van der Waals surface area contributed by atoms with Crippen LogP contribution in [0, 0.1) is 5.41 Å². The Morgan fingerprint density at radius 1 is 1.19 bits per heavy atom. The molecule has 2 bridgehead atoms. The van der Waals surface area contributed by atoms with Gasteiger partial charge in [0, 0.05) is 48.6 Å². The molecular weight excluding hydrogens is 472 g/mol. The van der Waals surface area contributed by atoms with E-state index in [4.69, 9.17) is 0 Å². The molecule has 8 rings (SSSR count). The normalized spacial score (nSPS) is 27.3. The lowest BCUT2D eigenvalue weighted by Crippen LogP contribution is -2.70. The minimum Gasteiger partial charge on any atom is -0.367 e. The Bertz CT molecular complexity index is 1440. The third-order valence-corrected chi connectivity index (χ3v) is 8.63. The molecule has 4 aromatic rings. The Labute approximate surface area is 214 Å². The van der Waals surface area contributed by atoms with Gasteiger partial charge in [-0.3, -0.25) is 4.98 Å². The summed E-state index contributed by atoms with van der Waals surface area (Å²) in [6.07, 6.45) is 7.17. The Balaban J connectivity index is 1.01. The quantitative estimate of drug-likeness (QED) is 0.362. The Hall–Kier alpha value is -3.33. The highest BCUT2D eigenvalue weighted by Crippen LogP contribution is 2.70. The zero-order valence-electron chi connectivity index (χ0n) is 20.9. The molecule has 3 aromatic heterocycles. The van der Waals surface area contributed by atoms with Gasteiger partial charge >= 0.3 is 0 Å². The van der Waals surface area contributed by atoms with E-state index < -0.39 is 11.8 Å². The summed E-state index contributed by atoms with van der Waals surface area (Å²) in [6.45, 7) is 4.64. The highest BCUT2D eigenvalue weighted by atomic mass is 19.1. The number of nitrogens with zero attached hydrogens (tertiary/aromatic N) is 5. The van der Waals surface area contributed by atoms with Crippen molar-refractivity contribution in [2.45, 2.75) is 63.6 Å². The van der Waals surface area contributed by atoms with Crippen molar-refractivity contribution in [3.05, 3.63) is 60.3 Å². The van der Waals surface area contributed by atoms with E-state index in [9.17, 15) is 8.78 Å². The van der Waals surface area contributed by atoms with Crippen LogP contribution in [0.25, 0.3) is 22.3 Å². The summed E-state index contributed by atoms with van der Waals surface area (Å²) >= 11 is 0. The third kappa shape index (κ3) is 4.09. The topological polar surface area (TPSA) is 74.7 Å². The number of aromatic amines is 1. The molecule has 1 aromatic carbocycles. The number of hydrogen-bond acceptors (Lipinski definition) is 5. The van der Waals surface area contributed by atoms with Crippen molar-refractivity contribution in [3.63, 3.8) is 0 Å². The van der Waals surface area contributed by atoms with E-state index in [1.165, 1.54) is 5.39 Å². The second kappa shape index (κ2) is 8.34. The molecule has 9 heteroatoms. The highest BCUT2D eigenvalue weighted by Gasteiger charge is 2.70. The molecule has 2 N–H and O–H groups in total. The molecular formula is C28H31F2N7. The van der Waals surface area contributed by atoms with Gasteiger partial charge in [0.1, 0.15) is 18.2 Å². The van der Waals surface area contributed by atoms with Crippen molar-refractivity contribution in [1.29, 1.82) is 0 Å². The van der Waals surface area contributed by atoms with Crippen LogP contribution in [0.5, 0.6) is 0 Å². The summed E-state index contributed by atoms with van der Waals surface area (Å²) < 4.78 is 29.3. The molecule has 0 radical (unpaired) electrons. The van der Waals surface area contributed by atoms with Crippen molar-refractivity contribution in [1.82, 2.24) is 30.0 Å². The number of anilines is 1. The Kier molecular flexibility index (Phi) is 5.15. The number of H-pyrrole nitrogens is 1. The molecule has 0 spiro atoms. The summed E-state index contributed by atoms with van der Waals surface area (Å²) in [4.78, 5) is 14.4. The number of fused-ring (bicyclic) bond motifs is 1. The fourth-order valence-corrected chi connectivity index (χ4v) is 6.47. The number of benzene rings is 1. The second-order valence-electron chi connectivity index (χ2n) is 11.4. The van der Waals surface area contributed by atoms with E-state index in [1.807, 2.05) is 15.6 Å². The van der Waals surface area contributed by atoms with Crippen molar-refractivity contribution >= 4 is 16.6 Å². The highest BCUT2D eigenvalue weighted by molar-refractivity contribution is 5.81. The first kappa shape index (κ1) is 22.8. The number of aromatic nitrogens is 5. The maximum absolute atomic E-state index is 13.9. The van der Waals surface area contributed by atoms with Crippen LogP contribution in [-0.4, -0.2) is 55.7 Å². The van der Waals surface area contributed by atoms with E-state index in [-0.39, 0.29) is 5.41 Å². The van der Waals surface area contributed by atoms with Crippen LogP contribution in [-0.2, 0) is 13.1 Å². The van der Waals surface area contributed by atoms with Crippen molar-refractivity contribution < 1.29 is 8.78 Å². The number of hydrogen-bond donors (Lipinski definition) is 2. The van der Waals surface area contributed by atoms with Gasteiger partial charge in [-0.15, -0.1) is 0 Å². The van der Waals surface area contributed by atoms with Gasteiger partial charge in [-0.25, -0.2) is 18.4 Å². The molecule has 7 nitrogen and oxygen atoms in total. The first-order chi connectivity index (χ1) is 17.9. The summed E-state index contributed by atoms with van der Waals surface area (Å²) in [5, 5.41) is 9.44. The number of nitrogens with one attached hydrogen (secondary N) is 2. The van der Waals surface area contributed by atoms with Gasteiger partial charge < -0.3 is 15.2 Å². The van der Waals surface area contributed by atoms with Crippen LogP contribution >= 0.6 is 0 Å². The number of halogens is 2. The lowest BCUT2D eigenvalue weighted by atomic mass is 9.40. The Morgan fingerprint density at radius 3 is 2.84 bits per heavy atom. The van der Waals surface area contributed by atoms with Crippen LogP contribution in [0.1, 0.15) is 43.9 Å². The maximum Gasteiger partial charge on any atom is 0.182 e. The van der Waals surface area contributed by atoms with Crippen LogP contribution < -0.4 is 10.2 Å². The lowest BCUT2D eigenvalue weighted by molar-refractivity contribution is -0.226. The van der Waals surface area contributed by atoms with Gasteiger partial charge in [-0.2, -0.15) is 5.10 Å². The van der Waals surface area contributed by atoms with Gasteiger partial charge in [-0.05, 0) is 67.2 Å². The van der Waals surface area contributed by atoms with Gasteiger partial charge in [0.05, 0.1) is 18.4 Å². The van der Waals surface area contributed by atoms with Crippen LogP contribution in [0.3, 0.4) is 0 Å². The molecule has 37 heavy (non-hydrogen) atoms. The number of pyridine rings is 1.